The van der Waals surface area contributed by atoms with Crippen LogP contribution in [0.25, 0.3) is 5.76 Å². The van der Waals surface area contributed by atoms with Gasteiger partial charge in [0.1, 0.15) is 5.76 Å². The fraction of sp³-hybridized carbons (Fsp3) is 0.533. The van der Waals surface area contributed by atoms with E-state index in [2.05, 4.69) is 37.8 Å². The molecule has 0 heterocycles. The zero-order valence-corrected chi connectivity index (χ0v) is 21.0. The van der Waals surface area contributed by atoms with Crippen molar-refractivity contribution in [2.75, 3.05) is 13.2 Å². The van der Waals surface area contributed by atoms with E-state index in [1.54, 1.807) is 6.92 Å². The van der Waals surface area contributed by atoms with Crippen LogP contribution in [0, 0.1) is 29.4 Å². The van der Waals surface area contributed by atoms with Crippen LogP contribution in [0.2, 0.25) is 0 Å². The van der Waals surface area contributed by atoms with Crippen LogP contribution in [-0.2, 0) is 11.2 Å². The molecule has 4 rings (SSSR count). The first-order valence-corrected chi connectivity index (χ1v) is 13.2. The minimum Gasteiger partial charge on any atom is -0.491 e. The van der Waals surface area contributed by atoms with Gasteiger partial charge in [-0.05, 0) is 87.3 Å². The van der Waals surface area contributed by atoms with E-state index in [1.807, 2.05) is 0 Å². The lowest BCUT2D eigenvalue weighted by Crippen LogP contribution is -2.35. The van der Waals surface area contributed by atoms with Crippen molar-refractivity contribution >= 4 is 5.76 Å². The third-order valence-electron chi connectivity index (χ3n) is 7.58. The van der Waals surface area contributed by atoms with Gasteiger partial charge in [-0.2, -0.15) is 8.78 Å². The summed E-state index contributed by atoms with van der Waals surface area (Å²) >= 11 is 0. The number of halogens is 2. The number of aryl methyl sites for hydroxylation is 1. The second-order valence-electron chi connectivity index (χ2n) is 10.1. The Morgan fingerprint density at radius 3 is 2.20 bits per heavy atom. The molecule has 4 unspecified atom stereocenters. The number of hydrogen-bond donors (Lipinski definition) is 0. The molecule has 0 N–H and O–H groups in total. The highest BCUT2D eigenvalue weighted by Crippen LogP contribution is 2.44. The normalized spacial score (nSPS) is 23.9. The second-order valence-corrected chi connectivity index (χ2v) is 10.1. The Kier molecular flexibility index (Phi) is 8.69. The lowest BCUT2D eigenvalue weighted by Gasteiger charge is -2.42. The van der Waals surface area contributed by atoms with Crippen molar-refractivity contribution in [1.82, 2.24) is 0 Å². The molecule has 0 amide bonds. The van der Waals surface area contributed by atoms with E-state index in [0.29, 0.717) is 24.4 Å². The predicted molar refractivity (Wildman–Crippen MR) is 136 cm³/mol. The highest BCUT2D eigenvalue weighted by molar-refractivity contribution is 5.57. The number of hydrogen-bond acceptors (Lipinski definition) is 3. The van der Waals surface area contributed by atoms with Crippen LogP contribution in [0.3, 0.4) is 0 Å². The molecular weight excluding hydrogens is 446 g/mol. The van der Waals surface area contributed by atoms with Crippen LogP contribution >= 0.6 is 0 Å². The first-order chi connectivity index (χ1) is 17.0. The summed E-state index contributed by atoms with van der Waals surface area (Å²) in [5.41, 5.74) is 2.41. The minimum atomic E-state index is -0.982. The van der Waals surface area contributed by atoms with Gasteiger partial charge in [-0.3, -0.25) is 0 Å². The van der Waals surface area contributed by atoms with Gasteiger partial charge in [-0.25, -0.2) is 0 Å². The second kappa shape index (κ2) is 11.9. The van der Waals surface area contributed by atoms with E-state index >= 15 is 0 Å². The largest absolute Gasteiger partial charge is 0.491 e. The summed E-state index contributed by atoms with van der Waals surface area (Å²) in [7, 11) is 0. The van der Waals surface area contributed by atoms with Gasteiger partial charge >= 0.3 is 0 Å². The smallest absolute Gasteiger partial charge is 0.204 e. The van der Waals surface area contributed by atoms with Crippen molar-refractivity contribution in [2.45, 2.75) is 71.3 Å². The fourth-order valence-corrected chi connectivity index (χ4v) is 5.72. The fourth-order valence-electron chi connectivity index (χ4n) is 5.72. The molecule has 2 aromatic carbocycles. The zero-order chi connectivity index (χ0) is 24.8. The molecule has 0 aliphatic heterocycles. The molecular formula is C30H38F2O3. The molecule has 0 bridgehead atoms. The van der Waals surface area contributed by atoms with Gasteiger partial charge in [0.15, 0.2) is 11.5 Å². The molecule has 3 nitrogen and oxygen atoms in total. The first-order valence-electron chi connectivity index (χ1n) is 13.2. The van der Waals surface area contributed by atoms with Crippen molar-refractivity contribution in [3.05, 3.63) is 65.7 Å². The zero-order valence-electron chi connectivity index (χ0n) is 21.0. The third-order valence-corrected chi connectivity index (χ3v) is 7.58. The molecule has 5 heteroatoms. The van der Waals surface area contributed by atoms with E-state index in [4.69, 9.17) is 14.2 Å². The summed E-state index contributed by atoms with van der Waals surface area (Å²) in [5, 5.41) is 0. The van der Waals surface area contributed by atoms with Crippen LogP contribution in [0.1, 0.15) is 69.9 Å². The molecule has 2 aliphatic carbocycles. The highest BCUT2D eigenvalue weighted by Gasteiger charge is 2.36. The van der Waals surface area contributed by atoms with Crippen LogP contribution in [0.15, 0.2) is 43.0 Å². The molecule has 0 spiro atoms. The molecule has 0 radical (unpaired) electrons. The maximum absolute atomic E-state index is 14.3. The van der Waals surface area contributed by atoms with Crippen LogP contribution < -0.4 is 9.47 Å². The maximum atomic E-state index is 14.3. The van der Waals surface area contributed by atoms with Crippen LogP contribution in [0.5, 0.6) is 11.5 Å². The lowest BCUT2D eigenvalue weighted by molar-refractivity contribution is 0.0269. The van der Waals surface area contributed by atoms with E-state index in [1.165, 1.54) is 17.7 Å². The minimum absolute atomic E-state index is 0.0357. The van der Waals surface area contributed by atoms with E-state index < -0.39 is 11.6 Å². The van der Waals surface area contributed by atoms with Crippen molar-refractivity contribution in [3.8, 4) is 11.5 Å². The summed E-state index contributed by atoms with van der Waals surface area (Å²) in [6.07, 6.45) is 8.89. The molecule has 2 aromatic rings. The molecule has 35 heavy (non-hydrogen) atoms. The Balaban J connectivity index is 1.24. The van der Waals surface area contributed by atoms with Gasteiger partial charge < -0.3 is 14.2 Å². The van der Waals surface area contributed by atoms with E-state index in [9.17, 15) is 8.78 Å². The Labute approximate surface area is 208 Å². The van der Waals surface area contributed by atoms with Crippen molar-refractivity contribution in [3.63, 3.8) is 0 Å². The molecule has 4 atom stereocenters. The summed E-state index contributed by atoms with van der Waals surface area (Å²) < 4.78 is 45.6. The van der Waals surface area contributed by atoms with Gasteiger partial charge in [-0.1, -0.05) is 44.2 Å². The SMILES string of the molecule is C=C(OC1CCC2CC(COc3ccc(OCC)c(F)c3F)CCC2C1)c1ccc(CCC)cc1. The topological polar surface area (TPSA) is 27.7 Å². The first kappa shape index (κ1) is 25.5. The Morgan fingerprint density at radius 1 is 0.857 bits per heavy atom. The lowest BCUT2D eigenvalue weighted by atomic mass is 9.67. The van der Waals surface area contributed by atoms with Crippen molar-refractivity contribution in [2.24, 2.45) is 17.8 Å². The molecule has 190 valence electrons. The molecule has 0 saturated heterocycles. The van der Waals surface area contributed by atoms with Gasteiger partial charge in [0.25, 0.3) is 0 Å². The number of fused-ring (bicyclic) bond motifs is 1. The van der Waals surface area contributed by atoms with Crippen LogP contribution in [-0.4, -0.2) is 19.3 Å². The number of ether oxygens (including phenoxy) is 3. The van der Waals surface area contributed by atoms with Gasteiger partial charge in [0, 0.05) is 5.56 Å². The highest BCUT2D eigenvalue weighted by atomic mass is 19.2. The Morgan fingerprint density at radius 2 is 1.51 bits per heavy atom. The third kappa shape index (κ3) is 6.36. The van der Waals surface area contributed by atoms with Crippen molar-refractivity contribution in [1.29, 1.82) is 0 Å². The molecule has 2 fully saturated rings. The average Bonchev–Trinajstić information content (AvgIpc) is 2.87. The van der Waals surface area contributed by atoms with Crippen molar-refractivity contribution < 1.29 is 23.0 Å². The van der Waals surface area contributed by atoms with E-state index in [-0.39, 0.29) is 24.2 Å². The van der Waals surface area contributed by atoms with Gasteiger partial charge in [-0.15, -0.1) is 0 Å². The summed E-state index contributed by atoms with van der Waals surface area (Å²) in [4.78, 5) is 0. The Hall–Kier alpha value is -2.56. The maximum Gasteiger partial charge on any atom is 0.204 e. The number of rotatable bonds is 10. The summed E-state index contributed by atoms with van der Waals surface area (Å²) in [6, 6.07) is 11.5. The predicted octanol–water partition coefficient (Wildman–Crippen LogP) is 7.97. The van der Waals surface area contributed by atoms with Crippen LogP contribution in [0.4, 0.5) is 8.78 Å². The Bertz CT molecular complexity index is 988. The molecule has 2 saturated carbocycles. The molecule has 2 aliphatic rings. The monoisotopic (exact) mass is 484 g/mol. The van der Waals surface area contributed by atoms with E-state index in [0.717, 1.165) is 62.7 Å². The average molecular weight is 485 g/mol. The standard InChI is InChI=1S/C30H38F2O3/c1-4-6-21-7-10-23(11-8-21)20(3)35-26-14-13-24-17-22(9-12-25(24)18-26)19-34-28-16-15-27(33-5-2)29(31)30(28)32/h7-8,10-11,15-16,22,24-26H,3-6,9,12-14,17-19H2,1-2H3. The number of benzene rings is 2. The van der Waals surface area contributed by atoms with Gasteiger partial charge in [0.05, 0.1) is 19.3 Å². The molecule has 0 aromatic heterocycles. The van der Waals surface area contributed by atoms with Gasteiger partial charge in [0.2, 0.25) is 11.6 Å². The summed E-state index contributed by atoms with van der Waals surface area (Å²) in [5.74, 6) is 0.347. The quantitative estimate of drug-likeness (QED) is 0.320. The summed E-state index contributed by atoms with van der Waals surface area (Å²) in [6.45, 7) is 8.82.